The van der Waals surface area contributed by atoms with Crippen LogP contribution in [0.4, 0.5) is 0 Å². The molecule has 0 aromatic heterocycles. The van der Waals surface area contributed by atoms with Crippen molar-refractivity contribution < 1.29 is 4.79 Å². The molecule has 3 N–H and O–H groups in total. The maximum Gasteiger partial charge on any atom is 0.220 e. The summed E-state index contributed by atoms with van der Waals surface area (Å²) in [5.74, 6) is 0.148. The van der Waals surface area contributed by atoms with E-state index >= 15 is 0 Å². The highest BCUT2D eigenvalue weighted by Crippen LogP contribution is 2.25. The number of nitrogens with one attached hydrogen (secondary N) is 1. The van der Waals surface area contributed by atoms with E-state index in [1.807, 2.05) is 0 Å². The third kappa shape index (κ3) is 6.06. The number of amides is 1. The van der Waals surface area contributed by atoms with E-state index < -0.39 is 0 Å². The molecular formula is C14H28N2O. The van der Waals surface area contributed by atoms with Crippen LogP contribution in [-0.4, -0.2) is 18.0 Å². The van der Waals surface area contributed by atoms with Crippen LogP contribution in [0.3, 0.4) is 0 Å². The van der Waals surface area contributed by atoms with Crippen molar-refractivity contribution in [1.29, 1.82) is 0 Å². The Bertz CT molecular complexity index is 249. The minimum atomic E-state index is -0.143. The van der Waals surface area contributed by atoms with Gasteiger partial charge < -0.3 is 11.1 Å². The lowest BCUT2D eigenvalue weighted by Crippen LogP contribution is -2.51. The van der Waals surface area contributed by atoms with Crippen LogP contribution in [0.5, 0.6) is 0 Å². The maximum absolute atomic E-state index is 11.7. The summed E-state index contributed by atoms with van der Waals surface area (Å²) in [6.07, 6.45) is 7.33. The van der Waals surface area contributed by atoms with Crippen LogP contribution >= 0.6 is 0 Å². The summed E-state index contributed by atoms with van der Waals surface area (Å²) in [5, 5.41) is 3.00. The van der Waals surface area contributed by atoms with Crippen LogP contribution in [0, 0.1) is 5.41 Å². The lowest BCUT2D eigenvalue weighted by atomic mass is 9.82. The van der Waals surface area contributed by atoms with E-state index in [1.165, 1.54) is 19.3 Å². The number of nitrogens with two attached hydrogens (primary N) is 1. The third-order valence-electron chi connectivity index (χ3n) is 3.59. The fraction of sp³-hybridized carbons (Fsp3) is 0.929. The molecule has 3 heteroatoms. The molecule has 1 fully saturated rings. The number of rotatable bonds is 4. The van der Waals surface area contributed by atoms with Gasteiger partial charge >= 0.3 is 0 Å². The highest BCUT2D eigenvalue weighted by Gasteiger charge is 2.27. The van der Waals surface area contributed by atoms with Gasteiger partial charge in [-0.2, -0.15) is 0 Å². The lowest BCUT2D eigenvalue weighted by Gasteiger charge is -2.33. The minimum Gasteiger partial charge on any atom is -0.354 e. The Labute approximate surface area is 106 Å². The predicted octanol–water partition coefficient (Wildman–Crippen LogP) is 2.59. The Kier molecular flexibility index (Phi) is 4.99. The summed E-state index contributed by atoms with van der Waals surface area (Å²) in [5.41, 5.74) is 6.36. The second-order valence-electron chi connectivity index (χ2n) is 6.76. The minimum absolute atomic E-state index is 0.143. The van der Waals surface area contributed by atoms with E-state index in [0.717, 1.165) is 19.3 Å². The van der Waals surface area contributed by atoms with E-state index in [-0.39, 0.29) is 16.9 Å². The Morgan fingerprint density at radius 3 is 2.35 bits per heavy atom. The standard InChI is InChI=1S/C14H28N2O/c1-13(2,3)10-7-12(17)16-11-14(15)8-5-4-6-9-14/h4-11,15H2,1-3H3,(H,16,17). The van der Waals surface area contributed by atoms with E-state index in [0.29, 0.717) is 13.0 Å². The van der Waals surface area contributed by atoms with Gasteiger partial charge in [0.25, 0.3) is 0 Å². The first-order valence-corrected chi connectivity index (χ1v) is 6.86. The molecule has 0 spiro atoms. The molecule has 1 aliphatic carbocycles. The van der Waals surface area contributed by atoms with Crippen molar-refractivity contribution >= 4 is 5.91 Å². The molecule has 3 nitrogen and oxygen atoms in total. The molecule has 0 radical (unpaired) electrons. The van der Waals surface area contributed by atoms with Gasteiger partial charge in [0, 0.05) is 18.5 Å². The summed E-state index contributed by atoms with van der Waals surface area (Å²) in [4.78, 5) is 11.7. The molecule has 0 heterocycles. The van der Waals surface area contributed by atoms with Crippen molar-refractivity contribution in [3.05, 3.63) is 0 Å². The molecule has 17 heavy (non-hydrogen) atoms. The van der Waals surface area contributed by atoms with Gasteiger partial charge in [-0.25, -0.2) is 0 Å². The van der Waals surface area contributed by atoms with Gasteiger partial charge in [-0.3, -0.25) is 4.79 Å². The SMILES string of the molecule is CC(C)(C)CCC(=O)NCC1(N)CCCCC1. The molecule has 0 unspecified atom stereocenters. The first kappa shape index (κ1) is 14.5. The molecule has 0 aliphatic heterocycles. The zero-order valence-electron chi connectivity index (χ0n) is 11.6. The van der Waals surface area contributed by atoms with Crippen molar-refractivity contribution in [1.82, 2.24) is 5.32 Å². The van der Waals surface area contributed by atoms with Crippen molar-refractivity contribution in [3.63, 3.8) is 0 Å². The van der Waals surface area contributed by atoms with Gasteiger partial charge in [0.05, 0.1) is 0 Å². The highest BCUT2D eigenvalue weighted by molar-refractivity contribution is 5.76. The van der Waals surface area contributed by atoms with Gasteiger partial charge in [-0.05, 0) is 24.7 Å². The second kappa shape index (κ2) is 5.85. The Balaban J connectivity index is 2.23. The Morgan fingerprint density at radius 1 is 1.24 bits per heavy atom. The first-order valence-electron chi connectivity index (χ1n) is 6.86. The van der Waals surface area contributed by atoms with Crippen molar-refractivity contribution in [3.8, 4) is 0 Å². The van der Waals surface area contributed by atoms with Crippen LogP contribution in [0.25, 0.3) is 0 Å². The molecule has 0 bridgehead atoms. The quantitative estimate of drug-likeness (QED) is 0.793. The predicted molar refractivity (Wildman–Crippen MR) is 71.7 cm³/mol. The van der Waals surface area contributed by atoms with Gasteiger partial charge in [-0.1, -0.05) is 40.0 Å². The number of hydrogen-bond acceptors (Lipinski definition) is 2. The summed E-state index contributed by atoms with van der Waals surface area (Å²) in [6, 6.07) is 0. The Morgan fingerprint density at radius 2 is 1.82 bits per heavy atom. The van der Waals surface area contributed by atoms with E-state index in [1.54, 1.807) is 0 Å². The molecule has 1 saturated carbocycles. The van der Waals surface area contributed by atoms with Crippen LogP contribution in [0.2, 0.25) is 0 Å². The van der Waals surface area contributed by atoms with Gasteiger partial charge in [0.15, 0.2) is 0 Å². The fourth-order valence-corrected chi connectivity index (χ4v) is 2.28. The Hall–Kier alpha value is -0.570. The third-order valence-corrected chi connectivity index (χ3v) is 3.59. The van der Waals surface area contributed by atoms with Crippen molar-refractivity contribution in [2.24, 2.45) is 11.1 Å². The summed E-state index contributed by atoms with van der Waals surface area (Å²) in [6.45, 7) is 7.12. The summed E-state index contributed by atoms with van der Waals surface area (Å²) < 4.78 is 0. The first-order chi connectivity index (χ1) is 7.81. The fourth-order valence-electron chi connectivity index (χ4n) is 2.28. The monoisotopic (exact) mass is 240 g/mol. The number of hydrogen-bond donors (Lipinski definition) is 2. The average molecular weight is 240 g/mol. The maximum atomic E-state index is 11.7. The molecule has 1 aliphatic rings. The molecule has 0 saturated heterocycles. The second-order valence-corrected chi connectivity index (χ2v) is 6.76. The smallest absolute Gasteiger partial charge is 0.220 e. The van der Waals surface area contributed by atoms with Gasteiger partial charge in [-0.15, -0.1) is 0 Å². The molecule has 1 rings (SSSR count). The number of carbonyl (C=O) groups is 1. The van der Waals surface area contributed by atoms with Crippen LogP contribution < -0.4 is 11.1 Å². The molecule has 1 amide bonds. The van der Waals surface area contributed by atoms with Crippen molar-refractivity contribution in [2.45, 2.75) is 71.3 Å². The van der Waals surface area contributed by atoms with Crippen LogP contribution in [0.1, 0.15) is 65.7 Å². The zero-order chi connectivity index (χ0) is 12.9. The number of carbonyl (C=O) groups excluding carboxylic acids is 1. The summed E-state index contributed by atoms with van der Waals surface area (Å²) in [7, 11) is 0. The topological polar surface area (TPSA) is 55.1 Å². The van der Waals surface area contributed by atoms with E-state index in [9.17, 15) is 4.79 Å². The molecule has 0 atom stereocenters. The highest BCUT2D eigenvalue weighted by atomic mass is 16.1. The molecule has 0 aromatic carbocycles. The molecular weight excluding hydrogens is 212 g/mol. The van der Waals surface area contributed by atoms with Gasteiger partial charge in [0.1, 0.15) is 0 Å². The molecule has 100 valence electrons. The van der Waals surface area contributed by atoms with Crippen LogP contribution in [-0.2, 0) is 4.79 Å². The molecule has 0 aromatic rings. The lowest BCUT2D eigenvalue weighted by molar-refractivity contribution is -0.121. The van der Waals surface area contributed by atoms with Gasteiger partial charge in [0.2, 0.25) is 5.91 Å². The van der Waals surface area contributed by atoms with Crippen molar-refractivity contribution in [2.75, 3.05) is 6.54 Å². The normalized spacial score (nSPS) is 20.0. The van der Waals surface area contributed by atoms with E-state index in [4.69, 9.17) is 5.73 Å². The summed E-state index contributed by atoms with van der Waals surface area (Å²) >= 11 is 0. The van der Waals surface area contributed by atoms with Crippen LogP contribution in [0.15, 0.2) is 0 Å². The van der Waals surface area contributed by atoms with E-state index in [2.05, 4.69) is 26.1 Å². The zero-order valence-corrected chi connectivity index (χ0v) is 11.6. The average Bonchev–Trinajstić information content (AvgIpc) is 2.24. The largest absolute Gasteiger partial charge is 0.354 e.